The molecule has 1 aromatic rings. The number of methoxy groups -OCH3 is 1. The lowest BCUT2D eigenvalue weighted by Gasteiger charge is -2.02. The summed E-state index contributed by atoms with van der Waals surface area (Å²) in [5.74, 6) is 0.526. The highest BCUT2D eigenvalue weighted by molar-refractivity contribution is 5.84. The maximum atomic E-state index is 10.5. The SMILES string of the molecule is COc1ccccc1/C=N\NC(C)=O. The molecule has 4 heteroatoms. The van der Waals surface area contributed by atoms with Crippen LogP contribution in [0.4, 0.5) is 0 Å². The van der Waals surface area contributed by atoms with E-state index in [-0.39, 0.29) is 5.91 Å². The molecule has 4 nitrogen and oxygen atoms in total. The van der Waals surface area contributed by atoms with E-state index in [9.17, 15) is 4.79 Å². The maximum Gasteiger partial charge on any atom is 0.236 e. The van der Waals surface area contributed by atoms with Gasteiger partial charge in [0.25, 0.3) is 0 Å². The van der Waals surface area contributed by atoms with Crippen LogP contribution in [-0.4, -0.2) is 19.2 Å². The Kier molecular flexibility index (Phi) is 3.67. The monoisotopic (exact) mass is 192 g/mol. The summed E-state index contributed by atoms with van der Waals surface area (Å²) in [5, 5.41) is 3.75. The molecule has 0 atom stereocenters. The summed E-state index contributed by atoms with van der Waals surface area (Å²) in [4.78, 5) is 10.5. The van der Waals surface area contributed by atoms with Crippen LogP contribution in [0.1, 0.15) is 12.5 Å². The minimum Gasteiger partial charge on any atom is -0.496 e. The van der Waals surface area contributed by atoms with Gasteiger partial charge in [0, 0.05) is 12.5 Å². The molecule has 0 saturated heterocycles. The molecule has 1 rings (SSSR count). The summed E-state index contributed by atoms with van der Waals surface area (Å²) in [5.41, 5.74) is 3.14. The van der Waals surface area contributed by atoms with Gasteiger partial charge in [0.2, 0.25) is 5.91 Å². The number of carbonyl (C=O) groups excluding carboxylic acids is 1. The summed E-state index contributed by atoms with van der Waals surface area (Å²) in [7, 11) is 1.59. The number of hydrogen-bond donors (Lipinski definition) is 1. The summed E-state index contributed by atoms with van der Waals surface area (Å²) < 4.78 is 5.10. The molecule has 0 bridgehead atoms. The van der Waals surface area contributed by atoms with Crippen molar-refractivity contribution in [2.24, 2.45) is 5.10 Å². The average molecular weight is 192 g/mol. The van der Waals surface area contributed by atoms with Crippen molar-refractivity contribution in [3.63, 3.8) is 0 Å². The maximum absolute atomic E-state index is 10.5. The zero-order chi connectivity index (χ0) is 10.4. The first-order valence-electron chi connectivity index (χ1n) is 4.16. The van der Waals surface area contributed by atoms with E-state index in [1.165, 1.54) is 6.92 Å². The van der Waals surface area contributed by atoms with Crippen molar-refractivity contribution in [3.05, 3.63) is 29.8 Å². The van der Waals surface area contributed by atoms with E-state index in [2.05, 4.69) is 10.5 Å². The van der Waals surface area contributed by atoms with Crippen LogP contribution in [0.15, 0.2) is 29.4 Å². The average Bonchev–Trinajstić information content (AvgIpc) is 2.18. The van der Waals surface area contributed by atoms with E-state index in [0.717, 1.165) is 11.3 Å². The van der Waals surface area contributed by atoms with Crippen LogP contribution in [0.25, 0.3) is 0 Å². The number of ether oxygens (including phenoxy) is 1. The van der Waals surface area contributed by atoms with Crippen LogP contribution in [0.5, 0.6) is 5.75 Å². The Bertz CT molecular complexity index is 348. The quantitative estimate of drug-likeness (QED) is 0.577. The Balaban J connectivity index is 2.75. The lowest BCUT2D eigenvalue weighted by atomic mass is 10.2. The number of carbonyl (C=O) groups is 1. The molecule has 0 radical (unpaired) electrons. The third-order valence-corrected chi connectivity index (χ3v) is 1.56. The van der Waals surface area contributed by atoms with Crippen LogP contribution >= 0.6 is 0 Å². The van der Waals surface area contributed by atoms with Gasteiger partial charge in [0.05, 0.1) is 13.3 Å². The lowest BCUT2D eigenvalue weighted by Crippen LogP contribution is -2.12. The third kappa shape index (κ3) is 2.90. The predicted octanol–water partition coefficient (Wildman–Crippen LogP) is 1.17. The highest BCUT2D eigenvalue weighted by Crippen LogP contribution is 2.14. The fourth-order valence-corrected chi connectivity index (χ4v) is 0.966. The molecule has 0 spiro atoms. The number of rotatable bonds is 3. The van der Waals surface area contributed by atoms with Crippen molar-refractivity contribution in [1.82, 2.24) is 5.43 Å². The van der Waals surface area contributed by atoms with Crippen molar-refractivity contribution in [2.45, 2.75) is 6.92 Å². The summed E-state index contributed by atoms with van der Waals surface area (Å²) >= 11 is 0. The molecule has 1 N–H and O–H groups in total. The number of nitrogens with one attached hydrogen (secondary N) is 1. The standard InChI is InChI=1S/C10H12N2O2/c1-8(13)12-11-7-9-5-3-4-6-10(9)14-2/h3-7H,1-2H3,(H,12,13)/b11-7-. The van der Waals surface area contributed by atoms with Crippen LogP contribution < -0.4 is 10.2 Å². The summed E-state index contributed by atoms with van der Waals surface area (Å²) in [6.07, 6.45) is 1.54. The van der Waals surface area contributed by atoms with Gasteiger partial charge in [-0.1, -0.05) is 12.1 Å². The zero-order valence-electron chi connectivity index (χ0n) is 8.15. The molecule has 0 aliphatic carbocycles. The predicted molar refractivity (Wildman–Crippen MR) is 54.4 cm³/mol. The minimum atomic E-state index is -0.198. The van der Waals surface area contributed by atoms with Gasteiger partial charge in [-0.15, -0.1) is 0 Å². The number of benzene rings is 1. The molecular formula is C10H12N2O2. The number of hydrazone groups is 1. The van der Waals surface area contributed by atoms with Crippen molar-refractivity contribution in [2.75, 3.05) is 7.11 Å². The Labute approximate surface area is 82.6 Å². The minimum absolute atomic E-state index is 0.198. The van der Waals surface area contributed by atoms with E-state index in [1.807, 2.05) is 24.3 Å². The number of hydrogen-bond acceptors (Lipinski definition) is 3. The van der Waals surface area contributed by atoms with Gasteiger partial charge < -0.3 is 4.74 Å². The smallest absolute Gasteiger partial charge is 0.236 e. The van der Waals surface area contributed by atoms with Crippen LogP contribution in [-0.2, 0) is 4.79 Å². The van der Waals surface area contributed by atoms with Gasteiger partial charge in [-0.05, 0) is 12.1 Å². The molecule has 0 saturated carbocycles. The van der Waals surface area contributed by atoms with Crippen molar-refractivity contribution in [3.8, 4) is 5.75 Å². The fraction of sp³-hybridized carbons (Fsp3) is 0.200. The molecule has 74 valence electrons. The van der Waals surface area contributed by atoms with E-state index < -0.39 is 0 Å². The van der Waals surface area contributed by atoms with Crippen molar-refractivity contribution < 1.29 is 9.53 Å². The number of nitrogens with zero attached hydrogens (tertiary/aromatic N) is 1. The Hall–Kier alpha value is -1.84. The molecule has 0 fully saturated rings. The summed E-state index contributed by atoms with van der Waals surface area (Å²) in [6.45, 7) is 1.40. The van der Waals surface area contributed by atoms with Gasteiger partial charge in [-0.3, -0.25) is 4.79 Å². The van der Waals surface area contributed by atoms with Gasteiger partial charge in [0.15, 0.2) is 0 Å². The zero-order valence-corrected chi connectivity index (χ0v) is 8.15. The van der Waals surface area contributed by atoms with E-state index in [1.54, 1.807) is 13.3 Å². The van der Waals surface area contributed by atoms with Gasteiger partial charge in [-0.2, -0.15) is 5.10 Å². The van der Waals surface area contributed by atoms with Crippen molar-refractivity contribution >= 4 is 12.1 Å². The molecule has 0 unspecified atom stereocenters. The fourth-order valence-electron chi connectivity index (χ4n) is 0.966. The molecule has 1 amide bonds. The molecule has 0 aliphatic rings. The highest BCUT2D eigenvalue weighted by atomic mass is 16.5. The summed E-state index contributed by atoms with van der Waals surface area (Å²) in [6, 6.07) is 7.42. The van der Waals surface area contributed by atoms with Crippen LogP contribution in [0.2, 0.25) is 0 Å². The topological polar surface area (TPSA) is 50.7 Å². The van der Waals surface area contributed by atoms with Gasteiger partial charge >= 0.3 is 0 Å². The first-order valence-corrected chi connectivity index (χ1v) is 4.16. The van der Waals surface area contributed by atoms with Gasteiger partial charge in [0.1, 0.15) is 5.75 Å². The molecule has 1 aromatic carbocycles. The van der Waals surface area contributed by atoms with E-state index in [0.29, 0.717) is 0 Å². The molecule has 0 heterocycles. The van der Waals surface area contributed by atoms with E-state index >= 15 is 0 Å². The second-order valence-electron chi connectivity index (χ2n) is 2.67. The highest BCUT2D eigenvalue weighted by Gasteiger charge is 1.96. The van der Waals surface area contributed by atoms with E-state index in [4.69, 9.17) is 4.74 Å². The third-order valence-electron chi connectivity index (χ3n) is 1.56. The molecular weight excluding hydrogens is 180 g/mol. The second kappa shape index (κ2) is 5.01. The first kappa shape index (κ1) is 10.2. The lowest BCUT2D eigenvalue weighted by molar-refractivity contribution is -0.118. The number of para-hydroxylation sites is 1. The van der Waals surface area contributed by atoms with Crippen LogP contribution in [0.3, 0.4) is 0 Å². The van der Waals surface area contributed by atoms with Crippen molar-refractivity contribution in [1.29, 1.82) is 0 Å². The van der Waals surface area contributed by atoms with Gasteiger partial charge in [-0.25, -0.2) is 5.43 Å². The Morgan fingerprint density at radius 3 is 2.86 bits per heavy atom. The molecule has 0 aliphatic heterocycles. The largest absolute Gasteiger partial charge is 0.496 e. The molecule has 14 heavy (non-hydrogen) atoms. The first-order chi connectivity index (χ1) is 6.74. The molecule has 0 aromatic heterocycles. The Morgan fingerprint density at radius 1 is 1.50 bits per heavy atom. The number of amides is 1. The second-order valence-corrected chi connectivity index (χ2v) is 2.67. The Morgan fingerprint density at radius 2 is 2.21 bits per heavy atom. The normalized spacial score (nSPS) is 10.1. The van der Waals surface area contributed by atoms with Crippen LogP contribution in [0, 0.1) is 0 Å².